The summed E-state index contributed by atoms with van der Waals surface area (Å²) in [4.78, 5) is 32.0. The van der Waals surface area contributed by atoms with Gasteiger partial charge in [0.15, 0.2) is 4.80 Å². The van der Waals surface area contributed by atoms with Gasteiger partial charge in [0.05, 0.1) is 35.6 Å². The first-order chi connectivity index (χ1) is 21.1. The SMILES string of the molecule is CCOC(=O)c1cccc(-c2ccc(/C=c3\sc4n(c3=O)[C@@H](c3ccccc3OC)C3=C(N=4)c4ccccc4CC3)o2)c1. The average Bonchev–Trinajstić information content (AvgIpc) is 3.64. The molecule has 0 N–H and O–H groups in total. The number of methoxy groups -OCH3 is 1. The van der Waals surface area contributed by atoms with Crippen LogP contribution in [0, 0.1) is 0 Å². The highest BCUT2D eigenvalue weighted by atomic mass is 32.1. The largest absolute Gasteiger partial charge is 0.496 e. The van der Waals surface area contributed by atoms with Crippen LogP contribution in [-0.2, 0) is 11.2 Å². The Balaban J connectivity index is 1.35. The summed E-state index contributed by atoms with van der Waals surface area (Å²) in [5.74, 6) is 1.47. The fraction of sp³-hybridized carbons (Fsp3) is 0.171. The van der Waals surface area contributed by atoms with Gasteiger partial charge in [0.1, 0.15) is 17.3 Å². The van der Waals surface area contributed by atoms with Crippen LogP contribution in [0.5, 0.6) is 5.75 Å². The minimum Gasteiger partial charge on any atom is -0.496 e. The minimum atomic E-state index is -0.382. The molecule has 7 rings (SSSR count). The summed E-state index contributed by atoms with van der Waals surface area (Å²) >= 11 is 1.35. The second kappa shape index (κ2) is 11.0. The fourth-order valence-electron chi connectivity index (χ4n) is 5.92. The van der Waals surface area contributed by atoms with E-state index in [2.05, 4.69) is 18.2 Å². The molecule has 0 spiro atoms. The van der Waals surface area contributed by atoms with Crippen molar-refractivity contribution >= 4 is 29.1 Å². The number of ether oxygens (including phenoxy) is 2. The second-order valence-electron chi connectivity index (χ2n) is 10.4. The van der Waals surface area contributed by atoms with Gasteiger partial charge in [0.25, 0.3) is 5.56 Å². The Hall–Kier alpha value is -4.95. The number of nitrogens with zero attached hydrogens (tertiary/aromatic N) is 2. The lowest BCUT2D eigenvalue weighted by molar-refractivity contribution is 0.0526. The molecule has 0 bridgehead atoms. The minimum absolute atomic E-state index is 0.132. The zero-order valence-corrected chi connectivity index (χ0v) is 24.5. The Morgan fingerprint density at radius 2 is 1.88 bits per heavy atom. The molecule has 1 atom stereocenters. The van der Waals surface area contributed by atoms with E-state index in [0.717, 1.165) is 46.6 Å². The Bertz CT molecular complexity index is 2100. The highest BCUT2D eigenvalue weighted by molar-refractivity contribution is 7.07. The predicted molar refractivity (Wildman–Crippen MR) is 166 cm³/mol. The smallest absolute Gasteiger partial charge is 0.338 e. The lowest BCUT2D eigenvalue weighted by atomic mass is 9.83. The number of para-hydroxylation sites is 1. The number of allylic oxidation sites excluding steroid dienone is 1. The molecule has 7 nitrogen and oxygen atoms in total. The third kappa shape index (κ3) is 4.73. The molecule has 0 saturated carbocycles. The predicted octanol–water partition coefficient (Wildman–Crippen LogP) is 5.76. The number of hydrogen-bond acceptors (Lipinski definition) is 7. The van der Waals surface area contributed by atoms with Crippen molar-refractivity contribution in [3.05, 3.63) is 138 Å². The number of thiazole rings is 1. The fourth-order valence-corrected chi connectivity index (χ4v) is 6.90. The molecule has 0 amide bonds. The van der Waals surface area contributed by atoms with Crippen LogP contribution >= 0.6 is 11.3 Å². The van der Waals surface area contributed by atoms with E-state index < -0.39 is 0 Å². The molecule has 1 aliphatic heterocycles. The number of esters is 1. The normalized spacial score (nSPS) is 15.8. The van der Waals surface area contributed by atoms with Crippen molar-refractivity contribution in [2.75, 3.05) is 13.7 Å². The van der Waals surface area contributed by atoms with E-state index >= 15 is 0 Å². The van der Waals surface area contributed by atoms with Crippen molar-refractivity contribution in [3.63, 3.8) is 0 Å². The molecule has 0 radical (unpaired) electrons. The van der Waals surface area contributed by atoms with Crippen LogP contribution < -0.4 is 19.6 Å². The van der Waals surface area contributed by atoms with Gasteiger partial charge in [-0.05, 0) is 61.2 Å². The number of hydrogen-bond donors (Lipinski definition) is 0. The van der Waals surface area contributed by atoms with E-state index in [1.807, 2.05) is 48.5 Å². The van der Waals surface area contributed by atoms with Crippen LogP contribution in [-0.4, -0.2) is 24.3 Å². The number of benzene rings is 3. The number of carbonyl (C=O) groups excluding carboxylic acids is 1. The summed E-state index contributed by atoms with van der Waals surface area (Å²) in [5, 5.41) is 0. The van der Waals surface area contributed by atoms with Crippen LogP contribution in [0.4, 0.5) is 0 Å². The Labute approximate surface area is 251 Å². The van der Waals surface area contributed by atoms with Crippen molar-refractivity contribution in [1.29, 1.82) is 0 Å². The number of aryl methyl sites for hydroxylation is 1. The van der Waals surface area contributed by atoms with Gasteiger partial charge in [0, 0.05) is 22.8 Å². The van der Waals surface area contributed by atoms with Crippen molar-refractivity contribution in [3.8, 4) is 17.1 Å². The number of furan rings is 1. The van der Waals surface area contributed by atoms with Crippen LogP contribution in [0.15, 0.2) is 105 Å². The molecule has 3 aromatic carbocycles. The van der Waals surface area contributed by atoms with Crippen LogP contribution in [0.25, 0.3) is 23.1 Å². The molecule has 43 heavy (non-hydrogen) atoms. The maximum atomic E-state index is 14.1. The summed E-state index contributed by atoms with van der Waals surface area (Å²) in [5.41, 5.74) is 6.42. The van der Waals surface area contributed by atoms with E-state index in [0.29, 0.717) is 33.0 Å². The van der Waals surface area contributed by atoms with Gasteiger partial charge in [0.2, 0.25) is 0 Å². The zero-order valence-electron chi connectivity index (χ0n) is 23.7. The van der Waals surface area contributed by atoms with E-state index in [-0.39, 0.29) is 17.6 Å². The second-order valence-corrected chi connectivity index (χ2v) is 11.4. The summed E-state index contributed by atoms with van der Waals surface area (Å²) in [7, 11) is 1.66. The van der Waals surface area contributed by atoms with Gasteiger partial charge in [-0.3, -0.25) is 9.36 Å². The van der Waals surface area contributed by atoms with Crippen LogP contribution in [0.2, 0.25) is 0 Å². The van der Waals surface area contributed by atoms with E-state index in [9.17, 15) is 9.59 Å². The molecule has 0 unspecified atom stereocenters. The molecule has 3 heterocycles. The third-order valence-corrected chi connectivity index (χ3v) is 8.85. The van der Waals surface area contributed by atoms with E-state index in [1.54, 1.807) is 42.9 Å². The monoisotopic (exact) mass is 588 g/mol. The van der Waals surface area contributed by atoms with Gasteiger partial charge in [-0.15, -0.1) is 0 Å². The Morgan fingerprint density at radius 1 is 1.05 bits per heavy atom. The molecule has 2 aliphatic rings. The number of aromatic nitrogens is 1. The van der Waals surface area contributed by atoms with Crippen LogP contribution in [0.3, 0.4) is 0 Å². The maximum Gasteiger partial charge on any atom is 0.338 e. The molecule has 214 valence electrons. The number of fused-ring (bicyclic) bond motifs is 3. The first-order valence-electron chi connectivity index (χ1n) is 14.2. The number of carbonyl (C=O) groups is 1. The Kier molecular flexibility index (Phi) is 6.91. The van der Waals surface area contributed by atoms with Gasteiger partial charge in [-0.25, -0.2) is 9.79 Å². The molecule has 0 saturated heterocycles. The van der Waals surface area contributed by atoms with Gasteiger partial charge in [-0.2, -0.15) is 0 Å². The molecule has 8 heteroatoms. The summed E-state index contributed by atoms with van der Waals surface area (Å²) in [6.07, 6.45) is 3.44. The summed E-state index contributed by atoms with van der Waals surface area (Å²) < 4.78 is 19.4. The van der Waals surface area contributed by atoms with Crippen LogP contribution in [0.1, 0.15) is 52.2 Å². The molecular weight excluding hydrogens is 560 g/mol. The number of rotatable bonds is 6. The highest BCUT2D eigenvalue weighted by Gasteiger charge is 2.34. The summed E-state index contributed by atoms with van der Waals surface area (Å²) in [6, 6.07) is 26.7. The molecule has 5 aromatic rings. The zero-order chi connectivity index (χ0) is 29.5. The Morgan fingerprint density at radius 3 is 2.74 bits per heavy atom. The molecular formula is C35H28N2O5S. The molecule has 2 aromatic heterocycles. The topological polar surface area (TPSA) is 83.0 Å². The first kappa shape index (κ1) is 26.9. The van der Waals surface area contributed by atoms with E-state index in [4.69, 9.17) is 18.9 Å². The molecule has 0 fully saturated rings. The third-order valence-electron chi connectivity index (χ3n) is 7.86. The van der Waals surface area contributed by atoms with Crippen molar-refractivity contribution in [2.24, 2.45) is 4.99 Å². The van der Waals surface area contributed by atoms with Gasteiger partial charge in [-0.1, -0.05) is 65.9 Å². The maximum absolute atomic E-state index is 14.1. The lowest BCUT2D eigenvalue weighted by Gasteiger charge is -2.31. The summed E-state index contributed by atoms with van der Waals surface area (Å²) in [6.45, 7) is 2.08. The van der Waals surface area contributed by atoms with Crippen molar-refractivity contribution in [1.82, 2.24) is 4.57 Å². The van der Waals surface area contributed by atoms with Crippen molar-refractivity contribution < 1.29 is 18.7 Å². The molecule has 1 aliphatic carbocycles. The van der Waals surface area contributed by atoms with E-state index in [1.165, 1.54) is 16.9 Å². The van der Waals surface area contributed by atoms with Crippen molar-refractivity contribution in [2.45, 2.75) is 25.8 Å². The quantitative estimate of drug-likeness (QED) is 0.236. The standard InChI is InChI=1S/C35H28N2O5S/c1-3-41-34(39)23-11-8-10-22(19-23)28-18-16-24(42-28)20-30-33(38)37-32(26-13-6-7-14-29(26)40-2)27-17-15-21-9-4-5-12-25(21)31(27)36-35(37)43-30/h4-14,16,18-20,32H,3,15,17H2,1-2H3/b30-20-/t32-/m0/s1. The van der Waals surface area contributed by atoms with Gasteiger partial charge < -0.3 is 13.9 Å². The highest BCUT2D eigenvalue weighted by Crippen LogP contribution is 2.43. The average molecular weight is 589 g/mol. The lowest BCUT2D eigenvalue weighted by Crippen LogP contribution is -2.38. The first-order valence-corrected chi connectivity index (χ1v) is 15.0. The van der Waals surface area contributed by atoms with Gasteiger partial charge >= 0.3 is 5.97 Å².